The molecule has 3 aromatic rings. The summed E-state index contributed by atoms with van der Waals surface area (Å²) in [6.07, 6.45) is -1.31. The molecule has 0 radical (unpaired) electrons. The lowest BCUT2D eigenvalue weighted by atomic mass is 10.2. The van der Waals surface area contributed by atoms with Gasteiger partial charge in [0.15, 0.2) is 11.3 Å². The molecule has 1 saturated carbocycles. The highest BCUT2D eigenvalue weighted by molar-refractivity contribution is 5.93. The van der Waals surface area contributed by atoms with Gasteiger partial charge in [-0.2, -0.15) is 23.4 Å². The molecule has 7 nitrogen and oxygen atoms in total. The van der Waals surface area contributed by atoms with Crippen molar-refractivity contribution in [3.05, 3.63) is 47.2 Å². The maximum absolute atomic E-state index is 13.5. The predicted molar refractivity (Wildman–Crippen MR) is 93.7 cm³/mol. The Morgan fingerprint density at radius 3 is 2.75 bits per heavy atom. The third-order valence-electron chi connectivity index (χ3n) is 4.81. The number of nitrogens with one attached hydrogen (secondary N) is 1. The first kappa shape index (κ1) is 18.5. The maximum Gasteiger partial charge on any atom is 0.433 e. The number of halogens is 3. The molecule has 0 saturated heterocycles. The van der Waals surface area contributed by atoms with Crippen LogP contribution in [-0.2, 0) is 12.7 Å². The molecule has 1 N–H and O–H groups in total. The average Bonchev–Trinajstić information content (AvgIpc) is 3.21. The molecule has 10 heteroatoms. The van der Waals surface area contributed by atoms with Crippen molar-refractivity contribution in [2.45, 2.75) is 51.4 Å². The van der Waals surface area contributed by atoms with Gasteiger partial charge in [-0.3, -0.25) is 9.48 Å². The minimum atomic E-state index is -4.59. The van der Waals surface area contributed by atoms with E-state index in [4.69, 9.17) is 0 Å². The number of hydrogen-bond acceptors (Lipinski definition) is 4. The summed E-state index contributed by atoms with van der Waals surface area (Å²) in [5.41, 5.74) is 0.181. The number of aryl methyl sites for hydroxylation is 1. The Balaban J connectivity index is 1.66. The summed E-state index contributed by atoms with van der Waals surface area (Å²) in [6.45, 7) is 4.34. The fourth-order valence-corrected chi connectivity index (χ4v) is 3.21. The molecule has 0 aromatic carbocycles. The van der Waals surface area contributed by atoms with Gasteiger partial charge in [0.1, 0.15) is 5.69 Å². The zero-order valence-corrected chi connectivity index (χ0v) is 15.4. The topological polar surface area (TPSA) is 77.1 Å². The Labute approximate surface area is 158 Å². The van der Waals surface area contributed by atoms with Crippen LogP contribution in [0.3, 0.4) is 0 Å². The van der Waals surface area contributed by atoms with Crippen molar-refractivity contribution >= 4 is 11.6 Å². The average molecular weight is 392 g/mol. The van der Waals surface area contributed by atoms with Crippen molar-refractivity contribution in [2.24, 2.45) is 0 Å². The number of nitrogens with zero attached hydrogens (tertiary/aromatic N) is 5. The van der Waals surface area contributed by atoms with Crippen molar-refractivity contribution < 1.29 is 18.0 Å². The molecule has 0 bridgehead atoms. The van der Waals surface area contributed by atoms with Gasteiger partial charge in [-0.25, -0.2) is 9.50 Å². The molecule has 1 aliphatic rings. The number of carbonyl (C=O) groups is 1. The minimum absolute atomic E-state index is 0.0214. The molecular formula is C18H19F3N6O. The number of carbonyl (C=O) groups excluding carboxylic acids is 1. The van der Waals surface area contributed by atoms with Gasteiger partial charge >= 0.3 is 6.18 Å². The summed E-state index contributed by atoms with van der Waals surface area (Å²) in [6, 6.07) is 3.72. The normalized spacial score (nSPS) is 15.8. The van der Waals surface area contributed by atoms with Crippen LogP contribution in [0.5, 0.6) is 0 Å². The molecule has 1 unspecified atom stereocenters. The molecule has 3 aromatic heterocycles. The van der Waals surface area contributed by atoms with E-state index in [-0.39, 0.29) is 23.3 Å². The number of rotatable bonds is 5. The second-order valence-corrected chi connectivity index (χ2v) is 6.90. The SMILES string of the molecule is CCn1nccc1C(C)NC(=O)c1cc2nc(C3CC3)cc(C(F)(F)F)n2n1. The van der Waals surface area contributed by atoms with Crippen molar-refractivity contribution in [2.75, 3.05) is 0 Å². The second kappa shape index (κ2) is 6.61. The summed E-state index contributed by atoms with van der Waals surface area (Å²) < 4.78 is 42.8. The number of alkyl halides is 3. The summed E-state index contributed by atoms with van der Waals surface area (Å²) in [5, 5.41) is 10.8. The summed E-state index contributed by atoms with van der Waals surface area (Å²) in [5.74, 6) is -0.518. The van der Waals surface area contributed by atoms with Gasteiger partial charge in [0.05, 0.1) is 11.7 Å². The number of hydrogen-bond donors (Lipinski definition) is 1. The lowest BCUT2D eigenvalue weighted by Gasteiger charge is -2.14. The highest BCUT2D eigenvalue weighted by Crippen LogP contribution is 2.41. The van der Waals surface area contributed by atoms with Crippen molar-refractivity contribution in [1.82, 2.24) is 29.7 Å². The van der Waals surface area contributed by atoms with Crippen LogP contribution in [0, 0.1) is 0 Å². The lowest BCUT2D eigenvalue weighted by Crippen LogP contribution is -2.28. The Morgan fingerprint density at radius 1 is 1.36 bits per heavy atom. The van der Waals surface area contributed by atoms with Gasteiger partial charge in [-0.05, 0) is 38.8 Å². The van der Waals surface area contributed by atoms with Gasteiger partial charge in [0.25, 0.3) is 5.91 Å². The fourth-order valence-electron chi connectivity index (χ4n) is 3.21. The van der Waals surface area contributed by atoms with Gasteiger partial charge in [0, 0.05) is 30.4 Å². The van der Waals surface area contributed by atoms with E-state index in [0.717, 1.165) is 24.6 Å². The molecule has 148 valence electrons. The van der Waals surface area contributed by atoms with Crippen LogP contribution in [0.15, 0.2) is 24.4 Å². The van der Waals surface area contributed by atoms with E-state index in [1.807, 2.05) is 6.92 Å². The quantitative estimate of drug-likeness (QED) is 0.723. The Morgan fingerprint density at radius 2 is 2.11 bits per heavy atom. The first-order valence-corrected chi connectivity index (χ1v) is 9.08. The molecular weight excluding hydrogens is 373 g/mol. The third-order valence-corrected chi connectivity index (χ3v) is 4.81. The largest absolute Gasteiger partial charge is 0.433 e. The molecule has 4 rings (SSSR count). The summed E-state index contributed by atoms with van der Waals surface area (Å²) >= 11 is 0. The first-order chi connectivity index (χ1) is 13.3. The molecule has 0 aliphatic heterocycles. The van der Waals surface area contributed by atoms with Crippen LogP contribution in [0.25, 0.3) is 5.65 Å². The Kier molecular flexibility index (Phi) is 4.35. The van der Waals surface area contributed by atoms with Crippen LogP contribution in [0.4, 0.5) is 13.2 Å². The van der Waals surface area contributed by atoms with Crippen LogP contribution in [0.2, 0.25) is 0 Å². The molecule has 1 fully saturated rings. The van der Waals surface area contributed by atoms with Crippen molar-refractivity contribution in [1.29, 1.82) is 0 Å². The van der Waals surface area contributed by atoms with Crippen LogP contribution < -0.4 is 5.32 Å². The lowest BCUT2D eigenvalue weighted by molar-refractivity contribution is -0.142. The smallest absolute Gasteiger partial charge is 0.343 e. The van der Waals surface area contributed by atoms with E-state index in [9.17, 15) is 18.0 Å². The van der Waals surface area contributed by atoms with E-state index >= 15 is 0 Å². The number of amides is 1. The standard InChI is InChI=1S/C18H19F3N6O/c1-3-26-14(6-7-22-26)10(2)23-17(28)13-9-16-24-12(11-4-5-11)8-15(18(19,20)21)27(16)25-13/h6-11H,3-5H2,1-2H3,(H,23,28). The molecule has 3 heterocycles. The highest BCUT2D eigenvalue weighted by Gasteiger charge is 2.37. The maximum atomic E-state index is 13.5. The predicted octanol–water partition coefficient (Wildman–Crippen LogP) is 3.33. The van der Waals surface area contributed by atoms with E-state index in [2.05, 4.69) is 20.5 Å². The van der Waals surface area contributed by atoms with Crippen LogP contribution in [-0.4, -0.2) is 30.3 Å². The van der Waals surface area contributed by atoms with Gasteiger partial charge in [-0.1, -0.05) is 0 Å². The monoisotopic (exact) mass is 392 g/mol. The minimum Gasteiger partial charge on any atom is -0.343 e. The molecule has 1 aliphatic carbocycles. The van der Waals surface area contributed by atoms with Gasteiger partial charge < -0.3 is 5.32 Å². The Bertz CT molecular complexity index is 1030. The van der Waals surface area contributed by atoms with Crippen molar-refractivity contribution in [3.8, 4) is 0 Å². The van der Waals surface area contributed by atoms with E-state index in [0.29, 0.717) is 16.8 Å². The zero-order chi connectivity index (χ0) is 20.1. The molecule has 28 heavy (non-hydrogen) atoms. The fraction of sp³-hybridized carbons (Fsp3) is 0.444. The van der Waals surface area contributed by atoms with Gasteiger partial charge in [0.2, 0.25) is 0 Å². The zero-order valence-electron chi connectivity index (χ0n) is 15.4. The molecule has 0 spiro atoms. The first-order valence-electron chi connectivity index (χ1n) is 9.08. The molecule has 1 atom stereocenters. The van der Waals surface area contributed by atoms with E-state index < -0.39 is 17.8 Å². The highest BCUT2D eigenvalue weighted by atomic mass is 19.4. The van der Waals surface area contributed by atoms with E-state index in [1.54, 1.807) is 23.9 Å². The number of aromatic nitrogens is 5. The summed E-state index contributed by atoms with van der Waals surface area (Å²) in [7, 11) is 0. The summed E-state index contributed by atoms with van der Waals surface area (Å²) in [4.78, 5) is 16.9. The van der Waals surface area contributed by atoms with Gasteiger partial charge in [-0.15, -0.1) is 0 Å². The van der Waals surface area contributed by atoms with Crippen molar-refractivity contribution in [3.63, 3.8) is 0 Å². The van der Waals surface area contributed by atoms with Crippen LogP contribution in [0.1, 0.15) is 66.2 Å². The number of fused-ring (bicyclic) bond motifs is 1. The van der Waals surface area contributed by atoms with Crippen LogP contribution >= 0.6 is 0 Å². The molecule has 1 amide bonds. The third kappa shape index (κ3) is 3.34. The Hall–Kier alpha value is -2.91. The second-order valence-electron chi connectivity index (χ2n) is 6.90. The van der Waals surface area contributed by atoms with E-state index in [1.165, 1.54) is 6.07 Å².